The highest BCUT2D eigenvalue weighted by Crippen LogP contribution is 2.31. The molecule has 0 saturated carbocycles. The van der Waals surface area contributed by atoms with Crippen LogP contribution in [0.3, 0.4) is 0 Å². The topological polar surface area (TPSA) is 86.9 Å². The molecule has 0 aliphatic carbocycles. The maximum Gasteiger partial charge on any atom is 0.347 e. The number of carboxylic acids is 1. The number of carbonyl (C=O) groups is 1. The predicted octanol–water partition coefficient (Wildman–Crippen LogP) is 4.03. The maximum atomic E-state index is 14.0. The number of hydrogen-bond donors (Lipinski definition) is 1. The Morgan fingerprint density at radius 3 is 2.64 bits per heavy atom. The summed E-state index contributed by atoms with van der Waals surface area (Å²) in [6.45, 7) is 1.57. The van der Waals surface area contributed by atoms with Crippen LogP contribution in [0.15, 0.2) is 30.5 Å². The predicted molar refractivity (Wildman–Crippen MR) is 87.1 cm³/mol. The van der Waals surface area contributed by atoms with Crippen molar-refractivity contribution in [3.8, 4) is 27.9 Å². The van der Waals surface area contributed by atoms with Gasteiger partial charge in [0.25, 0.3) is 0 Å². The number of hydrogen-bond acceptors (Lipinski definition) is 5. The van der Waals surface area contributed by atoms with E-state index in [2.05, 4.69) is 9.97 Å². The van der Waals surface area contributed by atoms with E-state index in [9.17, 15) is 18.8 Å². The normalized spacial score (nSPS) is 10.5. The molecule has 0 radical (unpaired) electrons. The lowest BCUT2D eigenvalue weighted by atomic mass is 10.0. The number of nitrogens with zero attached hydrogens (tertiary/aromatic N) is 3. The minimum absolute atomic E-state index is 0.0542. The molecular formula is C17H9F2N3O2S. The Labute approximate surface area is 144 Å². The largest absolute Gasteiger partial charge is 0.477 e. The van der Waals surface area contributed by atoms with Crippen LogP contribution in [-0.4, -0.2) is 21.0 Å². The number of pyridine rings is 1. The third-order valence-electron chi connectivity index (χ3n) is 3.46. The number of halogens is 2. The van der Waals surface area contributed by atoms with Gasteiger partial charge in [-0.1, -0.05) is 0 Å². The molecule has 0 aliphatic heterocycles. The molecule has 0 fully saturated rings. The Morgan fingerprint density at radius 2 is 2.04 bits per heavy atom. The lowest BCUT2D eigenvalue weighted by Crippen LogP contribution is -1.94. The van der Waals surface area contributed by atoms with Gasteiger partial charge in [0.15, 0.2) is 0 Å². The Balaban J connectivity index is 2.10. The van der Waals surface area contributed by atoms with Crippen molar-refractivity contribution in [1.29, 1.82) is 5.26 Å². The molecule has 0 atom stereocenters. The van der Waals surface area contributed by atoms with Gasteiger partial charge in [0.1, 0.15) is 27.2 Å². The monoisotopic (exact) mass is 357 g/mol. The summed E-state index contributed by atoms with van der Waals surface area (Å²) in [5.74, 6) is -2.61. The zero-order valence-electron chi connectivity index (χ0n) is 12.7. The molecule has 0 amide bonds. The highest BCUT2D eigenvalue weighted by molar-refractivity contribution is 7.17. The summed E-state index contributed by atoms with van der Waals surface area (Å²) in [6, 6.07) is 6.41. The number of rotatable bonds is 3. The second kappa shape index (κ2) is 6.37. The Morgan fingerprint density at radius 1 is 1.28 bits per heavy atom. The van der Waals surface area contributed by atoms with Gasteiger partial charge < -0.3 is 5.11 Å². The summed E-state index contributed by atoms with van der Waals surface area (Å²) >= 11 is 0.940. The highest BCUT2D eigenvalue weighted by atomic mass is 32.1. The van der Waals surface area contributed by atoms with Gasteiger partial charge in [-0.25, -0.2) is 18.6 Å². The van der Waals surface area contributed by atoms with Gasteiger partial charge in [-0.15, -0.1) is 11.3 Å². The summed E-state index contributed by atoms with van der Waals surface area (Å²) in [4.78, 5) is 19.5. The molecule has 1 N–H and O–H groups in total. The summed E-state index contributed by atoms with van der Waals surface area (Å²) in [7, 11) is 0. The van der Waals surface area contributed by atoms with E-state index in [4.69, 9.17) is 5.11 Å². The Hall–Kier alpha value is -3.18. The molecule has 0 saturated heterocycles. The van der Waals surface area contributed by atoms with Crippen molar-refractivity contribution in [2.75, 3.05) is 0 Å². The van der Waals surface area contributed by atoms with Crippen LogP contribution in [0.4, 0.5) is 8.78 Å². The number of aryl methyl sites for hydroxylation is 1. The summed E-state index contributed by atoms with van der Waals surface area (Å²) < 4.78 is 27.0. The van der Waals surface area contributed by atoms with Crippen LogP contribution in [0.2, 0.25) is 0 Å². The molecular weight excluding hydrogens is 348 g/mol. The fourth-order valence-corrected chi connectivity index (χ4v) is 3.16. The first-order valence-corrected chi connectivity index (χ1v) is 7.79. The van der Waals surface area contributed by atoms with Gasteiger partial charge in [-0.05, 0) is 25.1 Å². The van der Waals surface area contributed by atoms with Crippen LogP contribution in [0.25, 0.3) is 21.8 Å². The van der Waals surface area contributed by atoms with Gasteiger partial charge in [0.05, 0.1) is 17.3 Å². The average Bonchev–Trinajstić information content (AvgIpc) is 2.96. The molecule has 1 aromatic carbocycles. The molecule has 25 heavy (non-hydrogen) atoms. The van der Waals surface area contributed by atoms with Crippen molar-refractivity contribution >= 4 is 17.3 Å². The number of thiazole rings is 1. The molecule has 3 aromatic rings. The molecule has 124 valence electrons. The van der Waals surface area contributed by atoms with Gasteiger partial charge in [-0.2, -0.15) is 5.26 Å². The standard InChI is InChI=1S/C17H9F2N3O2S/c1-8-15(17(23)24)25-16(22-8)14-4-9(6-20)12(7-21-14)11-3-2-10(18)5-13(11)19/h2-5,7H,1H3,(H,23,24). The van der Waals surface area contributed by atoms with Crippen molar-refractivity contribution in [1.82, 2.24) is 9.97 Å². The number of nitriles is 1. The van der Waals surface area contributed by atoms with Crippen LogP contribution in [0.1, 0.15) is 20.9 Å². The number of benzene rings is 1. The van der Waals surface area contributed by atoms with Gasteiger partial charge in [0, 0.05) is 23.4 Å². The number of carboxylic acid groups (broad SMARTS) is 1. The third-order valence-corrected chi connectivity index (χ3v) is 4.62. The number of aromatic nitrogens is 2. The maximum absolute atomic E-state index is 14.0. The van der Waals surface area contributed by atoms with Crippen molar-refractivity contribution < 1.29 is 18.7 Å². The van der Waals surface area contributed by atoms with Gasteiger partial charge in [-0.3, -0.25) is 4.98 Å². The van der Waals surface area contributed by atoms with E-state index in [0.717, 1.165) is 23.5 Å². The van der Waals surface area contributed by atoms with Crippen molar-refractivity contribution in [2.24, 2.45) is 0 Å². The van der Waals surface area contributed by atoms with Crippen LogP contribution in [0.5, 0.6) is 0 Å². The fraction of sp³-hybridized carbons (Fsp3) is 0.0588. The van der Waals surface area contributed by atoms with Crippen LogP contribution in [0, 0.1) is 29.9 Å². The second-order valence-corrected chi connectivity index (χ2v) is 6.09. The summed E-state index contributed by atoms with van der Waals surface area (Å²) in [6.07, 6.45) is 1.29. The lowest BCUT2D eigenvalue weighted by Gasteiger charge is -2.06. The van der Waals surface area contributed by atoms with Gasteiger partial charge >= 0.3 is 5.97 Å². The quantitative estimate of drug-likeness (QED) is 0.765. The lowest BCUT2D eigenvalue weighted by molar-refractivity contribution is 0.0701. The molecule has 5 nitrogen and oxygen atoms in total. The third kappa shape index (κ3) is 3.09. The van der Waals surface area contributed by atoms with E-state index >= 15 is 0 Å². The van der Waals surface area contributed by atoms with Crippen molar-refractivity contribution in [2.45, 2.75) is 6.92 Å². The second-order valence-electron chi connectivity index (χ2n) is 5.09. The minimum atomic E-state index is -1.09. The molecule has 0 aliphatic rings. The molecule has 0 bridgehead atoms. The first-order chi connectivity index (χ1) is 11.9. The number of aromatic carboxylic acids is 1. The van der Waals surface area contributed by atoms with E-state index in [1.54, 1.807) is 6.92 Å². The summed E-state index contributed by atoms with van der Waals surface area (Å²) in [5, 5.41) is 18.8. The Kier molecular flexibility index (Phi) is 4.25. The van der Waals surface area contributed by atoms with Gasteiger partial charge in [0.2, 0.25) is 0 Å². The fourth-order valence-electron chi connectivity index (χ4n) is 2.29. The molecule has 0 unspecified atom stereocenters. The van der Waals surface area contributed by atoms with E-state index in [1.807, 2.05) is 6.07 Å². The first kappa shape index (κ1) is 16.7. The van der Waals surface area contributed by atoms with Crippen LogP contribution in [-0.2, 0) is 0 Å². The van der Waals surface area contributed by atoms with E-state index in [1.165, 1.54) is 18.3 Å². The van der Waals surface area contributed by atoms with Crippen molar-refractivity contribution in [3.63, 3.8) is 0 Å². The molecule has 2 aromatic heterocycles. The van der Waals surface area contributed by atoms with Crippen LogP contribution < -0.4 is 0 Å². The van der Waals surface area contributed by atoms with E-state index in [0.29, 0.717) is 16.4 Å². The zero-order chi connectivity index (χ0) is 18.1. The minimum Gasteiger partial charge on any atom is -0.477 e. The molecule has 0 spiro atoms. The highest BCUT2D eigenvalue weighted by Gasteiger charge is 2.18. The summed E-state index contributed by atoms with van der Waals surface area (Å²) in [5.41, 5.74) is 1.05. The SMILES string of the molecule is Cc1nc(-c2cc(C#N)c(-c3ccc(F)cc3F)cn2)sc1C(=O)O. The zero-order valence-corrected chi connectivity index (χ0v) is 13.6. The van der Waals surface area contributed by atoms with Crippen molar-refractivity contribution in [3.05, 3.63) is 58.2 Å². The molecule has 2 heterocycles. The Bertz CT molecular complexity index is 1040. The van der Waals surface area contributed by atoms with E-state index in [-0.39, 0.29) is 21.6 Å². The smallest absolute Gasteiger partial charge is 0.347 e. The van der Waals surface area contributed by atoms with E-state index < -0.39 is 17.6 Å². The molecule has 8 heteroatoms. The average molecular weight is 357 g/mol. The van der Waals surface area contributed by atoms with Crippen LogP contribution >= 0.6 is 11.3 Å². The first-order valence-electron chi connectivity index (χ1n) is 6.97. The molecule has 3 rings (SSSR count).